The second-order valence-electron chi connectivity index (χ2n) is 8.59. The van der Waals surface area contributed by atoms with Gasteiger partial charge in [-0.2, -0.15) is 5.10 Å². The fourth-order valence-electron chi connectivity index (χ4n) is 3.23. The average Bonchev–Trinajstić information content (AvgIpc) is 3.37. The summed E-state index contributed by atoms with van der Waals surface area (Å²) in [6.45, 7) is 6.23. The maximum atomic E-state index is 14.1. The van der Waals surface area contributed by atoms with E-state index in [2.05, 4.69) is 36.3 Å². The smallest absolute Gasteiger partial charge is 0.236 e. The molecule has 7 nitrogen and oxygen atoms in total. The Morgan fingerprint density at radius 1 is 1.06 bits per heavy atom. The van der Waals surface area contributed by atoms with Crippen molar-refractivity contribution in [2.75, 3.05) is 11.1 Å². The number of halogens is 1. The highest BCUT2D eigenvalue weighted by atomic mass is 32.2. The van der Waals surface area contributed by atoms with Gasteiger partial charge in [-0.3, -0.25) is 4.79 Å². The summed E-state index contributed by atoms with van der Waals surface area (Å²) >= 11 is 1.23. The molecule has 33 heavy (non-hydrogen) atoms. The highest BCUT2D eigenvalue weighted by Gasteiger charge is 2.22. The Morgan fingerprint density at radius 2 is 1.76 bits per heavy atom. The van der Waals surface area contributed by atoms with Crippen molar-refractivity contribution >= 4 is 23.5 Å². The van der Waals surface area contributed by atoms with Crippen LogP contribution in [-0.2, 0) is 17.3 Å². The number of nitrogens with one attached hydrogen (secondary N) is 1. The van der Waals surface area contributed by atoms with Crippen molar-refractivity contribution in [3.8, 4) is 17.1 Å². The van der Waals surface area contributed by atoms with Gasteiger partial charge in [0.2, 0.25) is 5.91 Å². The molecule has 4 aromatic rings. The number of rotatable bonds is 6. The molecule has 0 radical (unpaired) electrons. The van der Waals surface area contributed by atoms with E-state index in [-0.39, 0.29) is 22.9 Å². The molecule has 0 unspecified atom stereocenters. The second-order valence-corrected chi connectivity index (χ2v) is 9.54. The molecular formula is C24H25FN6OS. The first-order valence-corrected chi connectivity index (χ1v) is 11.5. The van der Waals surface area contributed by atoms with Crippen LogP contribution in [0.25, 0.3) is 17.1 Å². The minimum atomic E-state index is -0.369. The lowest BCUT2D eigenvalue weighted by Gasteiger charge is -2.14. The van der Waals surface area contributed by atoms with Gasteiger partial charge in [0.05, 0.1) is 22.7 Å². The first-order valence-electron chi connectivity index (χ1n) is 10.5. The summed E-state index contributed by atoms with van der Waals surface area (Å²) in [5.41, 5.74) is 1.93. The SMILES string of the molecule is Cn1c(SCC(=O)Nc2cc(C(C)(C)C)nn2-c2ccccc2)nnc1-c1ccccc1F. The zero-order chi connectivity index (χ0) is 23.6. The van der Waals surface area contributed by atoms with E-state index >= 15 is 0 Å². The van der Waals surface area contributed by atoms with Crippen molar-refractivity contribution in [3.05, 3.63) is 72.2 Å². The lowest BCUT2D eigenvalue weighted by molar-refractivity contribution is -0.113. The topological polar surface area (TPSA) is 77.6 Å². The van der Waals surface area contributed by atoms with E-state index in [0.717, 1.165) is 11.4 Å². The number of nitrogens with zero attached hydrogens (tertiary/aromatic N) is 5. The van der Waals surface area contributed by atoms with E-state index in [1.807, 2.05) is 36.4 Å². The number of benzene rings is 2. The molecule has 1 amide bonds. The molecule has 4 rings (SSSR count). The lowest BCUT2D eigenvalue weighted by atomic mass is 9.92. The van der Waals surface area contributed by atoms with Gasteiger partial charge >= 0.3 is 0 Å². The largest absolute Gasteiger partial charge is 0.310 e. The number of aromatic nitrogens is 5. The van der Waals surface area contributed by atoms with Crippen LogP contribution in [0.1, 0.15) is 26.5 Å². The van der Waals surface area contributed by atoms with Gasteiger partial charge in [-0.15, -0.1) is 10.2 Å². The van der Waals surface area contributed by atoms with Gasteiger partial charge in [0.15, 0.2) is 11.0 Å². The zero-order valence-corrected chi connectivity index (χ0v) is 19.7. The molecule has 9 heteroatoms. The molecule has 0 saturated heterocycles. The van der Waals surface area contributed by atoms with Gasteiger partial charge in [-0.1, -0.05) is 62.9 Å². The monoisotopic (exact) mass is 464 g/mol. The molecule has 0 bridgehead atoms. The summed E-state index contributed by atoms with van der Waals surface area (Å²) in [6, 6.07) is 18.0. The van der Waals surface area contributed by atoms with Crippen molar-refractivity contribution in [2.45, 2.75) is 31.3 Å². The molecule has 0 aliphatic rings. The summed E-state index contributed by atoms with van der Waals surface area (Å²) in [5, 5.41) is 16.4. The van der Waals surface area contributed by atoms with E-state index in [1.165, 1.54) is 17.8 Å². The highest BCUT2D eigenvalue weighted by molar-refractivity contribution is 7.99. The quantitative estimate of drug-likeness (QED) is 0.414. The van der Waals surface area contributed by atoms with Crippen molar-refractivity contribution < 1.29 is 9.18 Å². The Kier molecular flexibility index (Phi) is 6.33. The average molecular weight is 465 g/mol. The Morgan fingerprint density at radius 3 is 2.45 bits per heavy atom. The Hall–Kier alpha value is -3.46. The number of carbonyl (C=O) groups excluding carboxylic acids is 1. The van der Waals surface area contributed by atoms with Crippen LogP contribution in [0.15, 0.2) is 65.8 Å². The third-order valence-corrected chi connectivity index (χ3v) is 6.05. The lowest BCUT2D eigenvalue weighted by Crippen LogP contribution is -2.17. The molecule has 170 valence electrons. The number of hydrogen-bond donors (Lipinski definition) is 1. The Bertz CT molecular complexity index is 1280. The third kappa shape index (κ3) is 4.98. The van der Waals surface area contributed by atoms with Gasteiger partial charge in [-0.25, -0.2) is 9.07 Å². The van der Waals surface area contributed by atoms with Crippen LogP contribution in [0.4, 0.5) is 10.2 Å². The minimum absolute atomic E-state index is 0.119. The summed E-state index contributed by atoms with van der Waals surface area (Å²) in [7, 11) is 1.75. The standard InChI is InChI=1S/C24H25FN6OS/c1-24(2,3)19-14-20(31(29-19)16-10-6-5-7-11-16)26-21(32)15-33-23-28-27-22(30(23)4)17-12-8-9-13-18(17)25/h5-14H,15H2,1-4H3,(H,26,32). The van der Waals surface area contributed by atoms with Gasteiger partial charge in [0.1, 0.15) is 11.6 Å². The zero-order valence-electron chi connectivity index (χ0n) is 18.9. The van der Waals surface area contributed by atoms with Crippen LogP contribution in [0.2, 0.25) is 0 Å². The predicted octanol–water partition coefficient (Wildman–Crippen LogP) is 4.84. The van der Waals surface area contributed by atoms with Crippen LogP contribution >= 0.6 is 11.8 Å². The molecule has 0 atom stereocenters. The van der Waals surface area contributed by atoms with E-state index in [9.17, 15) is 9.18 Å². The highest BCUT2D eigenvalue weighted by Crippen LogP contribution is 2.27. The summed E-state index contributed by atoms with van der Waals surface area (Å²) in [4.78, 5) is 12.8. The van der Waals surface area contributed by atoms with E-state index < -0.39 is 0 Å². The van der Waals surface area contributed by atoms with Crippen LogP contribution in [0, 0.1) is 5.82 Å². The number of amides is 1. The Labute approximate surface area is 196 Å². The van der Waals surface area contributed by atoms with Crippen molar-refractivity contribution in [1.82, 2.24) is 24.5 Å². The van der Waals surface area contributed by atoms with Crippen LogP contribution in [0.3, 0.4) is 0 Å². The number of anilines is 1. The molecule has 2 heterocycles. The molecule has 0 spiro atoms. The molecule has 1 N–H and O–H groups in total. The van der Waals surface area contributed by atoms with Crippen molar-refractivity contribution in [1.29, 1.82) is 0 Å². The maximum absolute atomic E-state index is 14.1. The van der Waals surface area contributed by atoms with Gasteiger partial charge in [0.25, 0.3) is 0 Å². The first-order chi connectivity index (χ1) is 15.7. The van der Waals surface area contributed by atoms with Gasteiger partial charge < -0.3 is 9.88 Å². The van der Waals surface area contributed by atoms with Crippen LogP contribution in [0.5, 0.6) is 0 Å². The van der Waals surface area contributed by atoms with Crippen LogP contribution < -0.4 is 5.32 Å². The minimum Gasteiger partial charge on any atom is -0.310 e. The van der Waals surface area contributed by atoms with E-state index in [0.29, 0.717) is 22.4 Å². The fraction of sp³-hybridized carbons (Fsp3) is 0.250. The molecule has 0 fully saturated rings. The third-order valence-electron chi connectivity index (χ3n) is 5.03. The van der Waals surface area contributed by atoms with E-state index in [1.54, 1.807) is 34.5 Å². The van der Waals surface area contributed by atoms with Gasteiger partial charge in [-0.05, 0) is 24.3 Å². The maximum Gasteiger partial charge on any atom is 0.236 e. The van der Waals surface area contributed by atoms with Crippen molar-refractivity contribution in [3.63, 3.8) is 0 Å². The molecule has 0 aliphatic heterocycles. The predicted molar refractivity (Wildman–Crippen MR) is 128 cm³/mol. The van der Waals surface area contributed by atoms with Crippen molar-refractivity contribution in [2.24, 2.45) is 7.05 Å². The second kappa shape index (κ2) is 9.19. The summed E-state index contributed by atoms with van der Waals surface area (Å²) < 4.78 is 17.5. The normalized spacial score (nSPS) is 11.5. The van der Waals surface area contributed by atoms with E-state index in [4.69, 9.17) is 5.10 Å². The first kappa shape index (κ1) is 22.7. The summed E-state index contributed by atoms with van der Waals surface area (Å²) in [5.74, 6) is 0.558. The van der Waals surface area contributed by atoms with Crippen LogP contribution in [-0.4, -0.2) is 36.2 Å². The number of hydrogen-bond acceptors (Lipinski definition) is 5. The number of para-hydroxylation sites is 1. The Balaban J connectivity index is 1.50. The molecule has 2 aromatic heterocycles. The number of thioether (sulfide) groups is 1. The van der Waals surface area contributed by atoms with Gasteiger partial charge in [0, 0.05) is 18.5 Å². The summed E-state index contributed by atoms with van der Waals surface area (Å²) in [6.07, 6.45) is 0. The fourth-order valence-corrected chi connectivity index (χ4v) is 3.94. The number of carbonyl (C=O) groups is 1. The molecule has 0 aliphatic carbocycles. The molecule has 2 aromatic carbocycles. The molecule has 0 saturated carbocycles. The molecular weight excluding hydrogens is 439 g/mol.